The van der Waals surface area contributed by atoms with E-state index in [1.54, 1.807) is 4.90 Å². The van der Waals surface area contributed by atoms with E-state index < -0.39 is 6.04 Å². The van der Waals surface area contributed by atoms with Crippen molar-refractivity contribution in [2.75, 3.05) is 13.2 Å². The van der Waals surface area contributed by atoms with Crippen LogP contribution >= 0.6 is 0 Å². The van der Waals surface area contributed by atoms with Crippen molar-refractivity contribution in [3.63, 3.8) is 0 Å². The van der Waals surface area contributed by atoms with Crippen molar-refractivity contribution < 1.29 is 19.1 Å². The molecule has 0 radical (unpaired) electrons. The Morgan fingerprint density at radius 3 is 2.20 bits per heavy atom. The molecule has 0 aliphatic carbocycles. The average molecular weight is 545 g/mol. The van der Waals surface area contributed by atoms with Crippen LogP contribution in [0, 0.1) is 6.92 Å². The third kappa shape index (κ3) is 8.87. The third-order valence-electron chi connectivity index (χ3n) is 7.11. The van der Waals surface area contributed by atoms with Crippen molar-refractivity contribution in [1.29, 1.82) is 0 Å². The van der Waals surface area contributed by atoms with Crippen molar-refractivity contribution >= 4 is 11.8 Å². The summed E-state index contributed by atoms with van der Waals surface area (Å²) >= 11 is 0. The minimum atomic E-state index is -0.636. The highest BCUT2D eigenvalue weighted by Gasteiger charge is 2.31. The zero-order chi connectivity index (χ0) is 28.9. The van der Waals surface area contributed by atoms with Crippen molar-refractivity contribution in [3.05, 3.63) is 95.1 Å². The van der Waals surface area contributed by atoms with Gasteiger partial charge in [0.25, 0.3) is 0 Å². The number of benzene rings is 3. The number of hydrogen-bond acceptors (Lipinski definition) is 4. The van der Waals surface area contributed by atoms with Crippen LogP contribution in [-0.2, 0) is 29.0 Å². The Kier molecular flexibility index (Phi) is 12.1. The molecule has 3 aromatic carbocycles. The molecular formula is C34H44N2O4. The number of ether oxygens (including phenoxy) is 2. The van der Waals surface area contributed by atoms with Crippen LogP contribution in [0.15, 0.2) is 72.8 Å². The molecule has 2 amide bonds. The summed E-state index contributed by atoms with van der Waals surface area (Å²) < 4.78 is 11.5. The fourth-order valence-electron chi connectivity index (χ4n) is 4.61. The number of amides is 2. The molecule has 6 nitrogen and oxygen atoms in total. The summed E-state index contributed by atoms with van der Waals surface area (Å²) in [6.07, 6.45) is 2.06. The van der Waals surface area contributed by atoms with Crippen LogP contribution < -0.4 is 14.8 Å². The zero-order valence-electron chi connectivity index (χ0n) is 24.6. The highest BCUT2D eigenvalue weighted by Crippen LogP contribution is 2.29. The Labute approximate surface area is 239 Å². The van der Waals surface area contributed by atoms with Crippen LogP contribution in [0.3, 0.4) is 0 Å². The van der Waals surface area contributed by atoms with Crippen LogP contribution in [0.1, 0.15) is 62.8 Å². The molecule has 0 saturated carbocycles. The van der Waals surface area contributed by atoms with Crippen LogP contribution in [0.5, 0.6) is 11.5 Å². The highest BCUT2D eigenvalue weighted by atomic mass is 16.5. The first-order valence-electron chi connectivity index (χ1n) is 14.4. The Morgan fingerprint density at radius 2 is 1.52 bits per heavy atom. The van der Waals surface area contributed by atoms with Gasteiger partial charge in [0.05, 0.1) is 13.2 Å². The largest absolute Gasteiger partial charge is 0.490 e. The van der Waals surface area contributed by atoms with E-state index in [0.29, 0.717) is 44.1 Å². The summed E-state index contributed by atoms with van der Waals surface area (Å²) in [5.74, 6) is 1.20. The lowest BCUT2D eigenvalue weighted by molar-refractivity contribution is -0.141. The number of nitrogens with zero attached hydrogens (tertiary/aromatic N) is 1. The molecule has 3 aromatic rings. The summed E-state index contributed by atoms with van der Waals surface area (Å²) in [6.45, 7) is 11.4. The van der Waals surface area contributed by atoms with E-state index in [2.05, 4.69) is 5.32 Å². The molecule has 2 atom stereocenters. The van der Waals surface area contributed by atoms with E-state index in [-0.39, 0.29) is 24.3 Å². The van der Waals surface area contributed by atoms with Gasteiger partial charge in [0.2, 0.25) is 11.8 Å². The molecule has 1 N–H and O–H groups in total. The van der Waals surface area contributed by atoms with Crippen LogP contribution in [0.2, 0.25) is 0 Å². The number of carbonyl (C=O) groups excluding carboxylic acids is 2. The fourth-order valence-corrected chi connectivity index (χ4v) is 4.61. The summed E-state index contributed by atoms with van der Waals surface area (Å²) in [5.41, 5.74) is 4.13. The zero-order valence-corrected chi connectivity index (χ0v) is 24.6. The minimum Gasteiger partial charge on any atom is -0.490 e. The summed E-state index contributed by atoms with van der Waals surface area (Å²) in [5, 5.41) is 3.14. The minimum absolute atomic E-state index is 0.0158. The highest BCUT2D eigenvalue weighted by molar-refractivity contribution is 5.88. The van der Waals surface area contributed by atoms with Crippen molar-refractivity contribution in [3.8, 4) is 11.5 Å². The van der Waals surface area contributed by atoms with Crippen LogP contribution in [0.4, 0.5) is 0 Å². The molecule has 214 valence electrons. The molecule has 0 saturated heterocycles. The predicted molar refractivity (Wildman–Crippen MR) is 161 cm³/mol. The van der Waals surface area contributed by atoms with Gasteiger partial charge in [0, 0.05) is 25.4 Å². The second-order valence-electron chi connectivity index (χ2n) is 10.1. The topological polar surface area (TPSA) is 67.9 Å². The molecule has 0 aromatic heterocycles. The Balaban J connectivity index is 1.91. The molecule has 3 rings (SSSR count). The van der Waals surface area contributed by atoms with Crippen molar-refractivity contribution in [1.82, 2.24) is 10.2 Å². The average Bonchev–Trinajstić information content (AvgIpc) is 2.96. The van der Waals surface area contributed by atoms with Gasteiger partial charge in [-0.3, -0.25) is 9.59 Å². The van der Waals surface area contributed by atoms with E-state index >= 15 is 0 Å². The first kappa shape index (κ1) is 30.7. The van der Waals surface area contributed by atoms with Crippen molar-refractivity contribution in [2.24, 2.45) is 0 Å². The van der Waals surface area contributed by atoms with Gasteiger partial charge in [0.1, 0.15) is 6.04 Å². The fraction of sp³-hybridized carbons (Fsp3) is 0.412. The lowest BCUT2D eigenvalue weighted by Gasteiger charge is -2.33. The smallest absolute Gasteiger partial charge is 0.243 e. The second-order valence-corrected chi connectivity index (χ2v) is 10.1. The molecule has 0 unspecified atom stereocenters. The first-order valence-corrected chi connectivity index (χ1v) is 14.4. The summed E-state index contributed by atoms with van der Waals surface area (Å²) in [7, 11) is 0. The number of nitrogens with one attached hydrogen (secondary N) is 1. The number of hydrogen-bond donors (Lipinski definition) is 1. The van der Waals surface area contributed by atoms with Gasteiger partial charge in [-0.1, -0.05) is 67.6 Å². The Hall–Kier alpha value is -3.80. The van der Waals surface area contributed by atoms with Gasteiger partial charge in [-0.25, -0.2) is 0 Å². The molecule has 0 spiro atoms. The lowest BCUT2D eigenvalue weighted by Crippen LogP contribution is -2.52. The molecular weight excluding hydrogens is 500 g/mol. The maximum atomic E-state index is 14.0. The van der Waals surface area contributed by atoms with Crippen LogP contribution in [-0.4, -0.2) is 42.0 Å². The second kappa shape index (κ2) is 15.7. The maximum Gasteiger partial charge on any atom is 0.243 e. The molecule has 6 heteroatoms. The van der Waals surface area contributed by atoms with E-state index in [1.807, 2.05) is 107 Å². The van der Waals surface area contributed by atoms with Crippen molar-refractivity contribution in [2.45, 2.75) is 78.9 Å². The first-order chi connectivity index (χ1) is 19.4. The predicted octanol–water partition coefficient (Wildman–Crippen LogP) is 6.28. The standard InChI is InChI=1S/C34H44N2O4/c1-6-26(5)35-34(38)30(22-27-15-10-9-11-16-27)36(24-29-17-13-12-14-25(29)4)33(37)21-19-28-18-20-31(39-7-2)32(23-28)40-8-3/h9-18,20,23,26,30H,6-8,19,21-22,24H2,1-5H3,(H,35,38)/t26-,30-/m0/s1. The summed E-state index contributed by atoms with van der Waals surface area (Å²) in [4.78, 5) is 29.5. The van der Waals surface area contributed by atoms with Crippen LogP contribution in [0.25, 0.3) is 0 Å². The number of carbonyl (C=O) groups is 2. The van der Waals surface area contributed by atoms with E-state index in [1.165, 1.54) is 0 Å². The molecule has 0 bridgehead atoms. The monoisotopic (exact) mass is 544 g/mol. The summed E-state index contributed by atoms with van der Waals surface area (Å²) in [6, 6.07) is 23.2. The Bertz CT molecular complexity index is 1230. The normalized spacial score (nSPS) is 12.3. The van der Waals surface area contributed by atoms with Gasteiger partial charge in [0.15, 0.2) is 11.5 Å². The van der Waals surface area contributed by atoms with Gasteiger partial charge in [-0.2, -0.15) is 0 Å². The van der Waals surface area contributed by atoms with Gasteiger partial charge in [-0.15, -0.1) is 0 Å². The molecule has 0 aliphatic heterocycles. The third-order valence-corrected chi connectivity index (χ3v) is 7.11. The maximum absolute atomic E-state index is 14.0. The van der Waals surface area contributed by atoms with E-state index in [4.69, 9.17) is 9.47 Å². The van der Waals surface area contributed by atoms with Gasteiger partial charge in [-0.05, 0) is 74.9 Å². The SMILES string of the molecule is CCOc1ccc(CCC(=O)N(Cc2ccccc2C)[C@@H](Cc2ccccc2)C(=O)N[C@@H](C)CC)cc1OCC. The molecule has 40 heavy (non-hydrogen) atoms. The molecule has 0 heterocycles. The van der Waals surface area contributed by atoms with E-state index in [9.17, 15) is 9.59 Å². The molecule has 0 aliphatic rings. The molecule has 0 fully saturated rings. The van der Waals surface area contributed by atoms with Gasteiger partial charge < -0.3 is 19.7 Å². The Morgan fingerprint density at radius 1 is 0.850 bits per heavy atom. The van der Waals surface area contributed by atoms with E-state index in [0.717, 1.165) is 28.7 Å². The van der Waals surface area contributed by atoms with Gasteiger partial charge >= 0.3 is 0 Å². The lowest BCUT2D eigenvalue weighted by atomic mass is 10.00. The number of rotatable bonds is 15. The number of aryl methyl sites for hydroxylation is 2. The quantitative estimate of drug-likeness (QED) is 0.245.